The van der Waals surface area contributed by atoms with Crippen LogP contribution in [0.3, 0.4) is 0 Å². The van der Waals surface area contributed by atoms with Crippen molar-refractivity contribution in [3.63, 3.8) is 0 Å². The van der Waals surface area contributed by atoms with Gasteiger partial charge in [-0.25, -0.2) is 4.39 Å². The van der Waals surface area contributed by atoms with Crippen LogP contribution in [0.25, 0.3) is 0 Å². The van der Waals surface area contributed by atoms with E-state index in [-0.39, 0.29) is 12.4 Å². The number of benzene rings is 2. The topological polar surface area (TPSA) is 65.7 Å². The van der Waals surface area contributed by atoms with Crippen LogP contribution in [0, 0.1) is 17.1 Å². The van der Waals surface area contributed by atoms with Crippen LogP contribution in [0.5, 0.6) is 11.5 Å². The largest absolute Gasteiger partial charge is 0.494 e. The number of ether oxygens (including phenoxy) is 2. The van der Waals surface area contributed by atoms with Gasteiger partial charge in [-0.1, -0.05) is 18.2 Å². The smallest absolute Gasteiger partial charge is 0.165 e. The van der Waals surface area contributed by atoms with Gasteiger partial charge in [-0.15, -0.1) is 0 Å². The summed E-state index contributed by atoms with van der Waals surface area (Å²) >= 11 is 0. The lowest BCUT2D eigenvalue weighted by molar-refractivity contribution is 0.0743. The number of aliphatic hydroxyl groups is 1. The van der Waals surface area contributed by atoms with E-state index >= 15 is 0 Å². The van der Waals surface area contributed by atoms with Crippen LogP contribution >= 0.6 is 0 Å². The van der Waals surface area contributed by atoms with Crippen molar-refractivity contribution in [3.8, 4) is 17.6 Å². The van der Waals surface area contributed by atoms with Gasteiger partial charge in [0.15, 0.2) is 11.6 Å². The Hall–Kier alpha value is -2.62. The summed E-state index contributed by atoms with van der Waals surface area (Å²) in [6.07, 6.45) is -0.318. The number of hydrogen-bond acceptors (Lipinski definition) is 5. The molecule has 0 unspecified atom stereocenters. The molecule has 0 aliphatic heterocycles. The highest BCUT2D eigenvalue weighted by molar-refractivity contribution is 5.29. The van der Waals surface area contributed by atoms with Crippen molar-refractivity contribution in [2.75, 3.05) is 27.3 Å². The summed E-state index contributed by atoms with van der Waals surface area (Å²) in [6.45, 7) is 1.04. The molecule has 0 saturated heterocycles. The maximum Gasteiger partial charge on any atom is 0.165 e. The molecule has 1 N–H and O–H groups in total. The summed E-state index contributed by atoms with van der Waals surface area (Å²) in [5, 5.41) is 18.8. The molecule has 0 heterocycles. The lowest BCUT2D eigenvalue weighted by Crippen LogP contribution is -2.32. The van der Waals surface area contributed by atoms with Gasteiger partial charge in [0.1, 0.15) is 18.5 Å². The molecule has 0 saturated carbocycles. The number of likely N-dealkylation sites (N-methyl/N-ethyl adjacent to an activating group) is 1. The molecule has 6 heteroatoms. The van der Waals surface area contributed by atoms with Crippen LogP contribution in [0.2, 0.25) is 0 Å². The summed E-state index contributed by atoms with van der Waals surface area (Å²) in [7, 11) is 3.28. The molecule has 1 atom stereocenters. The SMILES string of the molecule is COc1ccc(CN(C)C[C@@H](O)COc2ccc(CC#N)cc2)cc1F. The first kappa shape index (κ1) is 19.7. The summed E-state index contributed by atoms with van der Waals surface area (Å²) in [6, 6.07) is 14.1. The van der Waals surface area contributed by atoms with Gasteiger partial charge in [-0.05, 0) is 42.4 Å². The molecule has 0 radical (unpaired) electrons. The third-order valence-corrected chi connectivity index (χ3v) is 3.84. The minimum absolute atomic E-state index is 0.152. The maximum absolute atomic E-state index is 13.7. The Kier molecular flexibility index (Phi) is 7.39. The Morgan fingerprint density at radius 2 is 1.88 bits per heavy atom. The van der Waals surface area contributed by atoms with E-state index in [2.05, 4.69) is 6.07 Å². The van der Waals surface area contributed by atoms with Crippen LogP contribution in [-0.2, 0) is 13.0 Å². The highest BCUT2D eigenvalue weighted by Gasteiger charge is 2.11. The fourth-order valence-corrected chi connectivity index (χ4v) is 2.58. The first-order valence-electron chi connectivity index (χ1n) is 8.29. The molecule has 2 aromatic rings. The molecule has 0 spiro atoms. The first-order valence-corrected chi connectivity index (χ1v) is 8.29. The lowest BCUT2D eigenvalue weighted by atomic mass is 10.2. The maximum atomic E-state index is 13.7. The zero-order valence-electron chi connectivity index (χ0n) is 15.0. The van der Waals surface area contributed by atoms with E-state index in [0.29, 0.717) is 25.3 Å². The van der Waals surface area contributed by atoms with Crippen molar-refractivity contribution in [2.45, 2.75) is 19.1 Å². The number of nitrogens with zero attached hydrogens (tertiary/aromatic N) is 2. The summed E-state index contributed by atoms with van der Waals surface area (Å²) in [4.78, 5) is 1.89. The number of aliphatic hydroxyl groups excluding tert-OH is 1. The van der Waals surface area contributed by atoms with Gasteiger partial charge < -0.3 is 14.6 Å². The Bertz CT molecular complexity index is 744. The van der Waals surface area contributed by atoms with E-state index in [4.69, 9.17) is 14.7 Å². The second kappa shape index (κ2) is 9.76. The molecule has 138 valence electrons. The molecule has 0 aromatic heterocycles. The highest BCUT2D eigenvalue weighted by atomic mass is 19.1. The fraction of sp³-hybridized carbons (Fsp3) is 0.350. The molecule has 0 aliphatic carbocycles. The molecule has 0 fully saturated rings. The minimum Gasteiger partial charge on any atom is -0.494 e. The normalized spacial score (nSPS) is 11.8. The van der Waals surface area contributed by atoms with Crippen molar-refractivity contribution in [2.24, 2.45) is 0 Å². The van der Waals surface area contributed by atoms with Crippen LogP contribution in [0.15, 0.2) is 42.5 Å². The van der Waals surface area contributed by atoms with Gasteiger partial charge in [0.05, 0.1) is 19.6 Å². The lowest BCUT2D eigenvalue weighted by Gasteiger charge is -2.21. The van der Waals surface area contributed by atoms with Crippen LogP contribution in [0.4, 0.5) is 4.39 Å². The van der Waals surface area contributed by atoms with Crippen molar-refractivity contribution in [3.05, 3.63) is 59.4 Å². The van der Waals surface area contributed by atoms with E-state index < -0.39 is 11.9 Å². The van der Waals surface area contributed by atoms with Gasteiger partial charge >= 0.3 is 0 Å². The van der Waals surface area contributed by atoms with E-state index in [1.54, 1.807) is 24.3 Å². The molecular formula is C20H23FN2O3. The van der Waals surface area contributed by atoms with Gasteiger partial charge in [-0.3, -0.25) is 4.90 Å². The van der Waals surface area contributed by atoms with Crippen LogP contribution < -0.4 is 9.47 Å². The number of methoxy groups -OCH3 is 1. The summed E-state index contributed by atoms with van der Waals surface area (Å²) in [5.41, 5.74) is 1.72. The monoisotopic (exact) mass is 358 g/mol. The quantitative estimate of drug-likeness (QED) is 0.747. The van der Waals surface area contributed by atoms with E-state index in [1.807, 2.05) is 24.1 Å². The van der Waals surface area contributed by atoms with E-state index in [1.165, 1.54) is 13.2 Å². The van der Waals surface area contributed by atoms with Crippen molar-refractivity contribution < 1.29 is 19.0 Å². The van der Waals surface area contributed by atoms with Gasteiger partial charge in [0.25, 0.3) is 0 Å². The predicted octanol–water partition coefficient (Wildman–Crippen LogP) is 2.77. The summed E-state index contributed by atoms with van der Waals surface area (Å²) < 4.78 is 24.2. The minimum atomic E-state index is -0.679. The van der Waals surface area contributed by atoms with E-state index in [0.717, 1.165) is 11.1 Å². The molecule has 5 nitrogen and oxygen atoms in total. The average Bonchev–Trinajstić information content (AvgIpc) is 2.61. The molecule has 0 bridgehead atoms. The molecule has 2 aromatic carbocycles. The van der Waals surface area contributed by atoms with Crippen molar-refractivity contribution in [1.29, 1.82) is 5.26 Å². The Balaban J connectivity index is 1.78. The number of halogens is 1. The third kappa shape index (κ3) is 6.03. The molecule has 26 heavy (non-hydrogen) atoms. The number of rotatable bonds is 9. The summed E-state index contributed by atoms with van der Waals surface area (Å²) in [5.74, 6) is 0.457. The van der Waals surface area contributed by atoms with Gasteiger partial charge in [0, 0.05) is 13.1 Å². The third-order valence-electron chi connectivity index (χ3n) is 3.84. The second-order valence-electron chi connectivity index (χ2n) is 6.11. The molecule has 0 amide bonds. The fourth-order valence-electron chi connectivity index (χ4n) is 2.58. The zero-order chi connectivity index (χ0) is 18.9. The highest BCUT2D eigenvalue weighted by Crippen LogP contribution is 2.18. The zero-order valence-corrected chi connectivity index (χ0v) is 15.0. The molecule has 2 rings (SSSR count). The van der Waals surface area contributed by atoms with Gasteiger partial charge in [-0.2, -0.15) is 5.26 Å². The Morgan fingerprint density at radius 3 is 2.50 bits per heavy atom. The van der Waals surface area contributed by atoms with Crippen molar-refractivity contribution in [1.82, 2.24) is 4.90 Å². The number of hydrogen-bond donors (Lipinski definition) is 1. The van der Waals surface area contributed by atoms with Crippen LogP contribution in [-0.4, -0.2) is 43.4 Å². The molecular weight excluding hydrogens is 335 g/mol. The predicted molar refractivity (Wildman–Crippen MR) is 96.5 cm³/mol. The second-order valence-corrected chi connectivity index (χ2v) is 6.11. The van der Waals surface area contributed by atoms with Gasteiger partial charge in [0.2, 0.25) is 0 Å². The Labute approximate surface area is 153 Å². The van der Waals surface area contributed by atoms with Crippen LogP contribution in [0.1, 0.15) is 11.1 Å². The average molecular weight is 358 g/mol. The standard InChI is InChI=1S/C20H23FN2O3/c1-23(12-16-5-8-20(25-2)19(21)11-16)13-17(24)14-26-18-6-3-15(4-7-18)9-10-22/h3-8,11,17,24H,9,12-14H2,1-2H3/t17-/m1/s1. The number of nitriles is 1. The Morgan fingerprint density at radius 1 is 1.19 bits per heavy atom. The molecule has 0 aliphatic rings. The first-order chi connectivity index (χ1) is 12.5. The van der Waals surface area contributed by atoms with Crippen molar-refractivity contribution >= 4 is 0 Å². The van der Waals surface area contributed by atoms with E-state index in [9.17, 15) is 9.50 Å².